The maximum atomic E-state index is 13.3. The Morgan fingerprint density at radius 2 is 2.24 bits per heavy atom. The topological polar surface area (TPSA) is 61.8 Å². The lowest BCUT2D eigenvalue weighted by Crippen LogP contribution is -2.23. The quantitative estimate of drug-likeness (QED) is 0.373. The van der Waals surface area contributed by atoms with Crippen LogP contribution < -0.4 is 5.73 Å². The largest absolute Gasteiger partial charge is 0.409 e. The third kappa shape index (κ3) is 4.27. The number of oxime groups is 1. The van der Waals surface area contributed by atoms with Gasteiger partial charge in [-0.15, -0.1) is 11.3 Å². The molecular formula is C15H18FN3OS. The number of rotatable bonds is 6. The number of amidine groups is 1. The predicted molar refractivity (Wildman–Crippen MR) is 83.3 cm³/mol. The van der Waals surface area contributed by atoms with Crippen LogP contribution in [-0.2, 0) is 13.0 Å². The van der Waals surface area contributed by atoms with E-state index in [1.807, 2.05) is 13.1 Å². The second kappa shape index (κ2) is 7.19. The fourth-order valence-corrected chi connectivity index (χ4v) is 2.80. The van der Waals surface area contributed by atoms with Gasteiger partial charge in [-0.2, -0.15) is 0 Å². The third-order valence-electron chi connectivity index (χ3n) is 3.22. The molecule has 3 N–H and O–H groups in total. The summed E-state index contributed by atoms with van der Waals surface area (Å²) < 4.78 is 13.3. The van der Waals surface area contributed by atoms with Crippen LogP contribution in [0.5, 0.6) is 0 Å². The molecule has 0 spiro atoms. The Bertz CT molecular complexity index is 613. The van der Waals surface area contributed by atoms with Crippen molar-refractivity contribution in [3.63, 3.8) is 0 Å². The monoisotopic (exact) mass is 307 g/mol. The second-order valence-corrected chi connectivity index (χ2v) is 5.89. The summed E-state index contributed by atoms with van der Waals surface area (Å²) in [7, 11) is 1.99. The molecule has 0 saturated heterocycles. The highest BCUT2D eigenvalue weighted by atomic mass is 32.1. The van der Waals surface area contributed by atoms with Crippen molar-refractivity contribution in [2.24, 2.45) is 10.9 Å². The SMILES string of the molecule is CN(CCc1cccs1)Cc1ccc(F)cc1C(N)=NO. The molecular weight excluding hydrogens is 289 g/mol. The summed E-state index contributed by atoms with van der Waals surface area (Å²) in [5.74, 6) is -0.474. The molecule has 21 heavy (non-hydrogen) atoms. The van der Waals surface area contributed by atoms with Gasteiger partial charge in [-0.05, 0) is 42.6 Å². The van der Waals surface area contributed by atoms with Gasteiger partial charge in [-0.3, -0.25) is 0 Å². The lowest BCUT2D eigenvalue weighted by Gasteiger charge is -2.18. The molecule has 0 aliphatic rings. The molecule has 1 aromatic carbocycles. The van der Waals surface area contributed by atoms with E-state index in [0.29, 0.717) is 12.1 Å². The first kappa shape index (κ1) is 15.5. The van der Waals surface area contributed by atoms with Crippen LogP contribution >= 0.6 is 11.3 Å². The molecule has 0 radical (unpaired) electrons. The summed E-state index contributed by atoms with van der Waals surface area (Å²) in [5, 5.41) is 13.8. The molecule has 0 fully saturated rings. The Hall–Kier alpha value is -1.92. The zero-order valence-electron chi connectivity index (χ0n) is 11.8. The average Bonchev–Trinajstić information content (AvgIpc) is 2.99. The van der Waals surface area contributed by atoms with E-state index in [-0.39, 0.29) is 5.84 Å². The number of thiophene rings is 1. The van der Waals surface area contributed by atoms with E-state index in [2.05, 4.69) is 21.5 Å². The van der Waals surface area contributed by atoms with Crippen molar-refractivity contribution >= 4 is 17.2 Å². The highest BCUT2D eigenvalue weighted by Gasteiger charge is 2.11. The van der Waals surface area contributed by atoms with E-state index in [0.717, 1.165) is 18.5 Å². The van der Waals surface area contributed by atoms with E-state index in [4.69, 9.17) is 10.9 Å². The van der Waals surface area contributed by atoms with Crippen LogP contribution in [0, 0.1) is 5.82 Å². The molecule has 1 aromatic heterocycles. The Balaban J connectivity index is 2.04. The molecule has 2 rings (SSSR count). The van der Waals surface area contributed by atoms with Crippen molar-refractivity contribution in [1.29, 1.82) is 0 Å². The second-order valence-electron chi connectivity index (χ2n) is 4.85. The minimum atomic E-state index is -0.401. The predicted octanol–water partition coefficient (Wildman–Crippen LogP) is 2.66. The summed E-state index contributed by atoms with van der Waals surface area (Å²) in [6.07, 6.45) is 0.967. The van der Waals surface area contributed by atoms with Gasteiger partial charge in [0.05, 0.1) is 0 Å². The van der Waals surface area contributed by atoms with Gasteiger partial charge in [0, 0.05) is 23.5 Å². The maximum Gasteiger partial charge on any atom is 0.170 e. The minimum Gasteiger partial charge on any atom is -0.409 e. The first-order chi connectivity index (χ1) is 10.1. The lowest BCUT2D eigenvalue weighted by molar-refractivity contribution is 0.317. The van der Waals surface area contributed by atoms with E-state index in [1.165, 1.54) is 17.0 Å². The summed E-state index contributed by atoms with van der Waals surface area (Å²) >= 11 is 1.74. The Labute approximate surface area is 127 Å². The normalized spacial score (nSPS) is 12.0. The van der Waals surface area contributed by atoms with Crippen molar-refractivity contribution in [3.8, 4) is 0 Å². The smallest absolute Gasteiger partial charge is 0.170 e. The molecule has 0 aliphatic carbocycles. The number of hydrogen-bond donors (Lipinski definition) is 2. The van der Waals surface area contributed by atoms with Crippen LogP contribution in [0.15, 0.2) is 40.9 Å². The van der Waals surface area contributed by atoms with Crippen molar-refractivity contribution in [2.45, 2.75) is 13.0 Å². The summed E-state index contributed by atoms with van der Waals surface area (Å²) in [6.45, 7) is 1.49. The van der Waals surface area contributed by atoms with Crippen LogP contribution in [0.3, 0.4) is 0 Å². The Morgan fingerprint density at radius 3 is 2.90 bits per heavy atom. The molecule has 6 heteroatoms. The van der Waals surface area contributed by atoms with Gasteiger partial charge in [0.1, 0.15) is 5.82 Å². The standard InChI is InChI=1S/C15H18FN3OS/c1-19(7-6-13-3-2-8-21-13)10-11-4-5-12(16)9-14(11)15(17)18-20/h2-5,8-9,20H,6-7,10H2,1H3,(H2,17,18). The first-order valence-corrected chi connectivity index (χ1v) is 7.45. The molecule has 0 saturated carbocycles. The zero-order chi connectivity index (χ0) is 15.2. The number of hydrogen-bond acceptors (Lipinski definition) is 4. The van der Waals surface area contributed by atoms with Crippen LogP contribution in [0.4, 0.5) is 4.39 Å². The summed E-state index contributed by atoms with van der Waals surface area (Å²) in [6, 6.07) is 8.49. The molecule has 0 amide bonds. The number of benzene rings is 1. The van der Waals surface area contributed by atoms with Crippen molar-refractivity contribution in [3.05, 3.63) is 57.5 Å². The van der Waals surface area contributed by atoms with E-state index < -0.39 is 5.82 Å². The summed E-state index contributed by atoms with van der Waals surface area (Å²) in [4.78, 5) is 3.46. The number of halogens is 1. The van der Waals surface area contributed by atoms with Crippen molar-refractivity contribution in [1.82, 2.24) is 4.90 Å². The van der Waals surface area contributed by atoms with Crippen LogP contribution in [-0.4, -0.2) is 29.5 Å². The lowest BCUT2D eigenvalue weighted by atomic mass is 10.1. The molecule has 0 atom stereocenters. The average molecular weight is 307 g/mol. The molecule has 2 aromatic rings. The number of nitrogens with two attached hydrogens (primary N) is 1. The van der Waals surface area contributed by atoms with E-state index in [9.17, 15) is 4.39 Å². The van der Waals surface area contributed by atoms with Gasteiger partial charge in [-0.25, -0.2) is 4.39 Å². The van der Waals surface area contributed by atoms with Crippen molar-refractivity contribution in [2.75, 3.05) is 13.6 Å². The van der Waals surface area contributed by atoms with Gasteiger partial charge in [0.25, 0.3) is 0 Å². The number of nitrogens with zero attached hydrogens (tertiary/aromatic N) is 2. The Morgan fingerprint density at radius 1 is 1.43 bits per heavy atom. The molecule has 0 bridgehead atoms. The molecule has 112 valence electrons. The molecule has 1 heterocycles. The van der Waals surface area contributed by atoms with Crippen molar-refractivity contribution < 1.29 is 9.60 Å². The fraction of sp³-hybridized carbons (Fsp3) is 0.267. The number of likely N-dealkylation sites (N-methyl/N-ethyl adjacent to an activating group) is 1. The van der Waals surface area contributed by atoms with E-state index in [1.54, 1.807) is 17.4 Å². The molecule has 0 aliphatic heterocycles. The zero-order valence-corrected chi connectivity index (χ0v) is 12.6. The van der Waals surface area contributed by atoms with Crippen LogP contribution in [0.25, 0.3) is 0 Å². The van der Waals surface area contributed by atoms with Gasteiger partial charge in [-0.1, -0.05) is 17.3 Å². The molecule has 0 unspecified atom stereocenters. The fourth-order valence-electron chi connectivity index (χ4n) is 2.10. The van der Waals surface area contributed by atoms with Crippen LogP contribution in [0.2, 0.25) is 0 Å². The molecule has 4 nitrogen and oxygen atoms in total. The Kier molecular flexibility index (Phi) is 5.30. The first-order valence-electron chi connectivity index (χ1n) is 6.57. The van der Waals surface area contributed by atoms with Gasteiger partial charge in [0.2, 0.25) is 0 Å². The highest BCUT2D eigenvalue weighted by Crippen LogP contribution is 2.15. The van der Waals surface area contributed by atoms with Gasteiger partial charge >= 0.3 is 0 Å². The third-order valence-corrected chi connectivity index (χ3v) is 4.15. The van der Waals surface area contributed by atoms with E-state index >= 15 is 0 Å². The van der Waals surface area contributed by atoms with Crippen LogP contribution in [0.1, 0.15) is 16.0 Å². The van der Waals surface area contributed by atoms with Gasteiger partial charge < -0.3 is 15.8 Å². The maximum absolute atomic E-state index is 13.3. The minimum absolute atomic E-state index is 0.0730. The van der Waals surface area contributed by atoms with Gasteiger partial charge in [0.15, 0.2) is 5.84 Å². The summed E-state index contributed by atoms with van der Waals surface area (Å²) in [5.41, 5.74) is 6.87. The highest BCUT2D eigenvalue weighted by molar-refractivity contribution is 7.09.